The highest BCUT2D eigenvalue weighted by Gasteiger charge is 2.46. The van der Waals surface area contributed by atoms with Gasteiger partial charge in [0, 0.05) is 31.7 Å². The topological polar surface area (TPSA) is 97.8 Å². The molecular formula is C27H32N2O7. The van der Waals surface area contributed by atoms with E-state index in [1.165, 1.54) is 26.2 Å². The highest BCUT2D eigenvalue weighted by Crippen LogP contribution is 2.45. The molecule has 9 heteroatoms. The first-order valence-electron chi connectivity index (χ1n) is 11.8. The van der Waals surface area contributed by atoms with E-state index in [-0.39, 0.29) is 11.3 Å². The number of hydrogen-bond acceptors (Lipinski definition) is 8. The number of carbonyl (C=O) groups is 2. The van der Waals surface area contributed by atoms with Gasteiger partial charge in [0.05, 0.1) is 46.2 Å². The Balaban J connectivity index is 1.83. The third kappa shape index (κ3) is 4.89. The minimum atomic E-state index is -0.832. The normalized spacial score (nSPS) is 20.0. The maximum Gasteiger partial charge on any atom is 0.295 e. The van der Waals surface area contributed by atoms with E-state index in [0.29, 0.717) is 54.7 Å². The summed E-state index contributed by atoms with van der Waals surface area (Å²) < 4.78 is 21.9. The number of hydrogen-bond donors (Lipinski definition) is 1. The lowest BCUT2D eigenvalue weighted by molar-refractivity contribution is -0.140. The van der Waals surface area contributed by atoms with Gasteiger partial charge < -0.3 is 29.0 Å². The van der Waals surface area contributed by atoms with Crippen molar-refractivity contribution in [3.63, 3.8) is 0 Å². The Morgan fingerprint density at radius 1 is 0.972 bits per heavy atom. The molecule has 2 aromatic carbocycles. The molecule has 2 heterocycles. The maximum atomic E-state index is 13.3. The molecule has 4 rings (SSSR count). The highest BCUT2D eigenvalue weighted by atomic mass is 16.5. The molecule has 0 spiro atoms. The quantitative estimate of drug-likeness (QED) is 0.339. The molecule has 0 aliphatic carbocycles. The molecule has 1 amide bonds. The van der Waals surface area contributed by atoms with Gasteiger partial charge in [-0.15, -0.1) is 0 Å². The molecule has 2 aliphatic heterocycles. The summed E-state index contributed by atoms with van der Waals surface area (Å²) in [5.41, 5.74) is 2.07. The lowest BCUT2D eigenvalue weighted by atomic mass is 9.94. The predicted octanol–water partition coefficient (Wildman–Crippen LogP) is 2.77. The largest absolute Gasteiger partial charge is 0.507 e. The lowest BCUT2D eigenvalue weighted by Crippen LogP contribution is -2.42. The van der Waals surface area contributed by atoms with Crippen LogP contribution < -0.4 is 14.2 Å². The van der Waals surface area contributed by atoms with Crippen molar-refractivity contribution < 1.29 is 33.6 Å². The first-order chi connectivity index (χ1) is 17.4. The third-order valence-corrected chi connectivity index (χ3v) is 6.63. The van der Waals surface area contributed by atoms with E-state index in [2.05, 4.69) is 4.90 Å². The van der Waals surface area contributed by atoms with Crippen molar-refractivity contribution in [2.75, 3.05) is 60.7 Å². The number of aliphatic hydroxyl groups excluding tert-OH is 1. The van der Waals surface area contributed by atoms with E-state index in [1.807, 2.05) is 19.1 Å². The zero-order valence-electron chi connectivity index (χ0n) is 21.1. The fourth-order valence-electron chi connectivity index (χ4n) is 4.66. The Bertz CT molecular complexity index is 1130. The number of aryl methyl sites for hydroxylation is 1. The van der Waals surface area contributed by atoms with E-state index in [0.717, 1.165) is 18.7 Å². The van der Waals surface area contributed by atoms with Crippen molar-refractivity contribution in [3.8, 4) is 17.2 Å². The molecule has 1 unspecified atom stereocenters. The predicted molar refractivity (Wildman–Crippen MR) is 134 cm³/mol. The van der Waals surface area contributed by atoms with Gasteiger partial charge in [-0.2, -0.15) is 0 Å². The van der Waals surface area contributed by atoms with Gasteiger partial charge in [0.15, 0.2) is 11.5 Å². The molecular weight excluding hydrogens is 464 g/mol. The molecule has 2 aromatic rings. The van der Waals surface area contributed by atoms with Crippen molar-refractivity contribution in [1.82, 2.24) is 9.80 Å². The molecule has 2 saturated heterocycles. The second-order valence-electron chi connectivity index (χ2n) is 8.77. The Morgan fingerprint density at radius 3 is 2.14 bits per heavy atom. The summed E-state index contributed by atoms with van der Waals surface area (Å²) >= 11 is 0. The third-order valence-electron chi connectivity index (χ3n) is 6.63. The number of ketones is 1. The first-order valence-corrected chi connectivity index (χ1v) is 11.8. The summed E-state index contributed by atoms with van der Waals surface area (Å²) in [6, 6.07) is 9.75. The minimum absolute atomic E-state index is 0.0279. The molecule has 36 heavy (non-hydrogen) atoms. The minimum Gasteiger partial charge on any atom is -0.507 e. The van der Waals surface area contributed by atoms with Crippen LogP contribution in [0.25, 0.3) is 5.76 Å². The van der Waals surface area contributed by atoms with Crippen molar-refractivity contribution in [3.05, 3.63) is 58.7 Å². The zero-order chi connectivity index (χ0) is 25.8. The molecule has 0 aromatic heterocycles. The first kappa shape index (κ1) is 25.5. The number of carbonyl (C=O) groups excluding carboxylic acids is 2. The molecule has 192 valence electrons. The van der Waals surface area contributed by atoms with E-state index in [1.54, 1.807) is 24.3 Å². The van der Waals surface area contributed by atoms with E-state index < -0.39 is 17.7 Å². The summed E-state index contributed by atoms with van der Waals surface area (Å²) in [5.74, 6) is -0.431. The van der Waals surface area contributed by atoms with Crippen molar-refractivity contribution in [1.29, 1.82) is 0 Å². The number of Topliss-reactive ketones (excluding diaryl/α,β-unsaturated/α-hetero) is 1. The number of benzene rings is 2. The monoisotopic (exact) mass is 496 g/mol. The smallest absolute Gasteiger partial charge is 0.295 e. The number of amides is 1. The van der Waals surface area contributed by atoms with Crippen LogP contribution in [0, 0.1) is 6.92 Å². The van der Waals surface area contributed by atoms with Crippen LogP contribution >= 0.6 is 0 Å². The highest BCUT2D eigenvalue weighted by molar-refractivity contribution is 6.46. The number of ether oxygens (including phenoxy) is 4. The molecule has 9 nitrogen and oxygen atoms in total. The van der Waals surface area contributed by atoms with Gasteiger partial charge in [-0.3, -0.25) is 14.5 Å². The van der Waals surface area contributed by atoms with Crippen LogP contribution in [-0.4, -0.2) is 87.3 Å². The standard InChI is InChI=1S/C27H32N2O7/c1-17-5-7-18(8-6-17)24(30)22-23(19-15-20(33-2)26(35-4)21(16-19)34-3)29(27(32)25(22)31)10-9-28-11-13-36-14-12-28/h5-8,15-16,23,30H,9-14H2,1-4H3. The zero-order valence-corrected chi connectivity index (χ0v) is 21.1. The summed E-state index contributed by atoms with van der Waals surface area (Å²) in [6.07, 6.45) is 0. The molecule has 1 atom stereocenters. The summed E-state index contributed by atoms with van der Waals surface area (Å²) in [6.45, 7) is 5.57. The average Bonchev–Trinajstić information content (AvgIpc) is 3.16. The van der Waals surface area contributed by atoms with E-state index >= 15 is 0 Å². The number of methoxy groups -OCH3 is 3. The Kier molecular flexibility index (Phi) is 7.81. The van der Waals surface area contributed by atoms with Crippen LogP contribution in [0.5, 0.6) is 17.2 Å². The van der Waals surface area contributed by atoms with Crippen LogP contribution in [0.15, 0.2) is 42.0 Å². The van der Waals surface area contributed by atoms with Crippen molar-refractivity contribution in [2.24, 2.45) is 0 Å². The van der Waals surface area contributed by atoms with Gasteiger partial charge in [-0.25, -0.2) is 0 Å². The van der Waals surface area contributed by atoms with Gasteiger partial charge in [-0.1, -0.05) is 29.8 Å². The second-order valence-corrected chi connectivity index (χ2v) is 8.77. The SMILES string of the molecule is COc1cc(C2C(=C(O)c3ccc(C)cc3)C(=O)C(=O)N2CCN2CCOCC2)cc(OC)c1OC. The molecule has 0 saturated carbocycles. The maximum absolute atomic E-state index is 13.3. The fourth-order valence-corrected chi connectivity index (χ4v) is 4.66. The van der Waals surface area contributed by atoms with E-state index in [9.17, 15) is 14.7 Å². The molecule has 1 N–H and O–H groups in total. The number of aliphatic hydroxyl groups is 1. The molecule has 0 bridgehead atoms. The van der Waals surface area contributed by atoms with Gasteiger partial charge in [0.1, 0.15) is 5.76 Å². The Labute approximate surface area is 210 Å². The number of morpholine rings is 1. The molecule has 2 aliphatic rings. The summed E-state index contributed by atoms with van der Waals surface area (Å²) in [4.78, 5) is 30.3. The van der Waals surface area contributed by atoms with Crippen LogP contribution in [0.1, 0.15) is 22.7 Å². The Morgan fingerprint density at radius 2 is 1.58 bits per heavy atom. The lowest BCUT2D eigenvalue weighted by Gasteiger charge is -2.31. The summed E-state index contributed by atoms with van der Waals surface area (Å²) in [5, 5.41) is 11.3. The van der Waals surface area contributed by atoms with Crippen LogP contribution in [0.3, 0.4) is 0 Å². The van der Waals surface area contributed by atoms with Crippen LogP contribution in [0.4, 0.5) is 0 Å². The number of nitrogens with zero attached hydrogens (tertiary/aromatic N) is 2. The van der Waals surface area contributed by atoms with Crippen LogP contribution in [-0.2, 0) is 14.3 Å². The second kappa shape index (κ2) is 11.0. The fraction of sp³-hybridized carbons (Fsp3) is 0.407. The summed E-state index contributed by atoms with van der Waals surface area (Å²) in [7, 11) is 4.51. The number of likely N-dealkylation sites (tertiary alicyclic amines) is 1. The van der Waals surface area contributed by atoms with Gasteiger partial charge >= 0.3 is 0 Å². The van der Waals surface area contributed by atoms with Crippen LogP contribution in [0.2, 0.25) is 0 Å². The van der Waals surface area contributed by atoms with E-state index in [4.69, 9.17) is 18.9 Å². The Hall–Kier alpha value is -3.56. The van der Waals surface area contributed by atoms with Crippen molar-refractivity contribution >= 4 is 17.4 Å². The molecule has 0 radical (unpaired) electrons. The van der Waals surface area contributed by atoms with Gasteiger partial charge in [0.2, 0.25) is 5.75 Å². The van der Waals surface area contributed by atoms with Gasteiger partial charge in [-0.05, 0) is 24.6 Å². The van der Waals surface area contributed by atoms with Gasteiger partial charge in [0.25, 0.3) is 11.7 Å². The average molecular weight is 497 g/mol. The number of rotatable bonds is 8. The van der Waals surface area contributed by atoms with Crippen molar-refractivity contribution in [2.45, 2.75) is 13.0 Å². The molecule has 2 fully saturated rings.